The molecule has 0 aliphatic carbocycles. The van der Waals surface area contributed by atoms with Crippen LogP contribution in [0.15, 0.2) is 224 Å². The molecule has 0 bridgehead atoms. The van der Waals surface area contributed by atoms with E-state index in [1.54, 1.807) is 0 Å². The maximum Gasteiger partial charge on any atom is -0.0134 e. The minimum absolute atomic E-state index is 0. The number of hydrogen-bond acceptors (Lipinski definition) is 0. The largest absolute Gasteiger partial charge is 0.0622 e. The summed E-state index contributed by atoms with van der Waals surface area (Å²) >= 11 is 18.6. The molecule has 0 N–H and O–H groups in total. The van der Waals surface area contributed by atoms with Crippen molar-refractivity contribution in [1.29, 1.82) is 0 Å². The fourth-order valence-corrected chi connectivity index (χ4v) is 15.1. The zero-order chi connectivity index (χ0) is 57.0. The van der Waals surface area contributed by atoms with Gasteiger partial charge in [0.05, 0.1) is 0 Å². The maximum atomic E-state index is 5.12. The number of hydrogen-bond donors (Lipinski definition) is 0. The Morgan fingerprint density at radius 2 is 0.577 bits per heavy atom. The fraction of sp³-hybridized carbons (Fsp3) is 0.156. The van der Waals surface area contributed by atoms with Crippen molar-refractivity contribution in [2.24, 2.45) is 0 Å². The van der Waals surface area contributed by atoms with Gasteiger partial charge in [-0.15, -0.1) is 23.1 Å². The van der Waals surface area contributed by atoms with Crippen LogP contribution < -0.4 is 31.8 Å². The van der Waals surface area contributed by atoms with E-state index in [1.807, 2.05) is 0 Å². The number of benzene rings is 8. The van der Waals surface area contributed by atoms with E-state index in [1.165, 1.54) is 39.0 Å². The molecule has 0 aromatic heterocycles. The van der Waals surface area contributed by atoms with Crippen LogP contribution in [0.4, 0.5) is 0 Å². The van der Waals surface area contributed by atoms with E-state index in [2.05, 4.69) is 403 Å². The molecule has 0 saturated carbocycles. The van der Waals surface area contributed by atoms with Crippen molar-refractivity contribution >= 4 is 200 Å². The molecule has 8 rings (SSSR count). The van der Waals surface area contributed by atoms with Crippen LogP contribution in [0.2, 0.25) is 58.9 Å². The molecule has 0 unspecified atom stereocenters. The van der Waals surface area contributed by atoms with Gasteiger partial charge in [0.2, 0.25) is 0 Å². The summed E-state index contributed by atoms with van der Waals surface area (Å²) in [6.45, 7) is 19.9. The van der Waals surface area contributed by atoms with E-state index in [4.69, 9.17) is 25.5 Å². The van der Waals surface area contributed by atoms with E-state index < -0.39 is 40.1 Å². The van der Waals surface area contributed by atoms with E-state index >= 15 is 0 Å². The quantitative estimate of drug-likeness (QED) is 0.0512. The Labute approximate surface area is 552 Å². The van der Waals surface area contributed by atoms with E-state index in [9.17, 15) is 0 Å². The van der Waals surface area contributed by atoms with Crippen LogP contribution in [0.5, 0.6) is 0 Å². The molecule has 0 aliphatic rings. The van der Waals surface area contributed by atoms with Crippen molar-refractivity contribution in [3.63, 3.8) is 0 Å². The molecule has 0 nitrogen and oxygen atoms in total. The third kappa shape index (κ3) is 29.2. The van der Waals surface area contributed by atoms with Crippen molar-refractivity contribution in [1.82, 2.24) is 0 Å². The van der Waals surface area contributed by atoms with Crippen molar-refractivity contribution in [3.05, 3.63) is 242 Å². The summed E-state index contributed by atoms with van der Waals surface area (Å²) in [6, 6.07) is 73.0. The normalized spacial score (nSPS) is 10.4. The average molecular weight is 1730 g/mol. The molecule has 0 heterocycles. The minimum Gasteiger partial charge on any atom is -0.0622 e. The fourth-order valence-electron chi connectivity index (χ4n) is 6.10. The monoisotopic (exact) mass is 1730 g/mol. The van der Waals surface area contributed by atoms with Gasteiger partial charge < -0.3 is 0 Å². The van der Waals surface area contributed by atoms with Crippen LogP contribution in [-0.2, 0) is 15.9 Å². The number of rotatable bonds is 6. The summed E-state index contributed by atoms with van der Waals surface area (Å²) in [6.07, 6.45) is 5.12. The van der Waals surface area contributed by atoms with Crippen LogP contribution in [0.3, 0.4) is 0 Å². The third-order valence-corrected chi connectivity index (χ3v) is 23.1. The van der Waals surface area contributed by atoms with Gasteiger partial charge in [-0.25, -0.2) is 0 Å². The molecule has 0 spiro atoms. The predicted octanol–water partition coefficient (Wildman–Crippen LogP) is 20.5. The minimum atomic E-state index is -1.35. The second-order valence-electron chi connectivity index (χ2n) is 19.6. The molecule has 14 heteroatoms. The molecule has 410 valence electrons. The van der Waals surface area contributed by atoms with Gasteiger partial charge in [-0.1, -0.05) is 260 Å². The smallest absolute Gasteiger partial charge is 0.0134 e. The Bertz CT molecular complexity index is 2760. The summed E-state index contributed by atoms with van der Waals surface area (Å²) in [5.74, 6) is 6.58. The van der Waals surface area contributed by atoms with E-state index in [-0.39, 0.29) is 23.4 Å². The molecule has 0 fully saturated rings. The van der Waals surface area contributed by atoms with Crippen molar-refractivity contribution < 1.29 is 15.9 Å². The Morgan fingerprint density at radius 1 is 0.385 bits per heavy atom. The first-order valence-corrected chi connectivity index (χ1v) is 46.5. The van der Waals surface area contributed by atoms with Gasteiger partial charge in [0.1, 0.15) is 24.2 Å². The van der Waals surface area contributed by atoms with Gasteiger partial charge in [0.25, 0.3) is 0 Å². The van der Waals surface area contributed by atoms with Crippen LogP contribution >= 0.6 is 144 Å². The Morgan fingerprint density at radius 3 is 0.744 bits per heavy atom. The first-order valence-electron chi connectivity index (χ1n) is 24.0. The Kier molecular flexibility index (Phi) is 35.8. The van der Waals surface area contributed by atoms with Crippen molar-refractivity contribution in [2.75, 3.05) is 0 Å². The van der Waals surface area contributed by atoms with Gasteiger partial charge in [0, 0.05) is 36.2 Å². The first-order chi connectivity index (χ1) is 36.5. The molecule has 0 saturated heterocycles. The topological polar surface area (TPSA) is 0 Å². The van der Waals surface area contributed by atoms with Gasteiger partial charge in [-0.2, -0.15) is 0 Å². The molecule has 0 radical (unpaired) electrons. The Hall–Kier alpha value is -1.43. The SMILES string of the molecule is Brc1cc(I)c(Br)cc1I.C.C#C[Si](C)(C)C.C[Si](C)(C)C#Cc1cc(Br)c(C#C[Si](C)(C)C)cc1Br.[Cl][Pd][Cl].c1ccc(P(c2ccccc2)c2ccccc2)cc1.c1ccc(P(c2ccccc2)c2ccccc2)cc1. The van der Waals surface area contributed by atoms with Crippen LogP contribution in [0.25, 0.3) is 0 Å². The predicted molar refractivity (Wildman–Crippen MR) is 390 cm³/mol. The maximum absolute atomic E-state index is 5.12. The first kappa shape index (κ1) is 72.7. The third-order valence-electron chi connectivity index (χ3n) is 9.68. The molecule has 8 aromatic rings. The second kappa shape index (κ2) is 38.4. The van der Waals surface area contributed by atoms with Crippen molar-refractivity contribution in [2.45, 2.75) is 66.3 Å². The summed E-state index contributed by atoms with van der Waals surface area (Å²) < 4.78 is 6.80. The van der Waals surface area contributed by atoms with Crippen LogP contribution in [0.1, 0.15) is 18.6 Å². The molecule has 0 atom stereocenters. The molecular weight excluding hydrogens is 1670 g/mol. The zero-order valence-corrected chi connectivity index (χ0v) is 63.0. The van der Waals surface area contributed by atoms with E-state index in [0.717, 1.165) is 29.0 Å². The molecular formula is C64H66Br4Cl2I2P2PdSi3. The average Bonchev–Trinajstić information content (AvgIpc) is 3.40. The van der Waals surface area contributed by atoms with Crippen LogP contribution in [0, 0.1) is 42.0 Å². The van der Waals surface area contributed by atoms with Gasteiger partial charge in [-0.3, -0.25) is 0 Å². The molecule has 78 heavy (non-hydrogen) atoms. The molecule has 8 aromatic carbocycles. The Balaban J connectivity index is 0.000000342. The zero-order valence-electron chi connectivity index (χ0n) is 44.4. The van der Waals surface area contributed by atoms with Gasteiger partial charge in [-0.05, 0) is 181 Å². The van der Waals surface area contributed by atoms with Gasteiger partial charge >= 0.3 is 35.0 Å². The van der Waals surface area contributed by atoms with Gasteiger partial charge in [0.15, 0.2) is 0 Å². The summed E-state index contributed by atoms with van der Waals surface area (Å²) in [5.41, 5.74) is 11.6. The summed E-state index contributed by atoms with van der Waals surface area (Å²) in [5, 5.41) is 8.39. The molecule has 0 aliphatic heterocycles. The second-order valence-corrected chi connectivity index (χ2v) is 46.4. The van der Waals surface area contributed by atoms with E-state index in [0.29, 0.717) is 0 Å². The number of halogens is 8. The number of terminal acetylenes is 1. The summed E-state index contributed by atoms with van der Waals surface area (Å²) in [7, 11) is 4.93. The molecule has 0 amide bonds. The summed E-state index contributed by atoms with van der Waals surface area (Å²) in [4.78, 5) is 0. The standard InChI is InChI=1S/2C18H15P.C16H20Br2Si2.C6H2Br2I2.C5H10Si.CH4.2ClH.Pd/c2*1-4-10-16(11-5-1)19(17-12-6-2-7-13-17)18-14-8-3-9-15-18;1-19(2,3)9-7-13-11-16(18)14(12-15(13)17)8-10-20(4,5)6;7-3-1-5(9)4(8)2-6(3)10;1-5-6(2,3)4;;;;/h2*1-15H;11-12H,1-6H3;1-2H;1H,2-4H3;1H4;2*1H;/q;;;;;;;;+2/p-2. The van der Waals surface area contributed by atoms with Crippen molar-refractivity contribution in [3.8, 4) is 34.9 Å². The van der Waals surface area contributed by atoms with Crippen LogP contribution in [-0.4, -0.2) is 24.2 Å².